The predicted octanol–water partition coefficient (Wildman–Crippen LogP) is 2.37. The van der Waals surface area contributed by atoms with E-state index in [1.54, 1.807) is 0 Å². The SMILES string of the molecule is Cc1ccc(C2CN(C(=O)c3snnc3C)CCO2)cc1. The zero-order chi connectivity index (χ0) is 14.8. The van der Waals surface area contributed by atoms with Crippen LogP contribution in [0.5, 0.6) is 0 Å². The predicted molar refractivity (Wildman–Crippen MR) is 80.4 cm³/mol. The van der Waals surface area contributed by atoms with E-state index >= 15 is 0 Å². The summed E-state index contributed by atoms with van der Waals surface area (Å²) in [4.78, 5) is 15.0. The molecule has 0 aliphatic carbocycles. The summed E-state index contributed by atoms with van der Waals surface area (Å²) >= 11 is 1.16. The first-order chi connectivity index (χ1) is 10.1. The van der Waals surface area contributed by atoms with Gasteiger partial charge in [0, 0.05) is 6.54 Å². The molecule has 0 saturated carbocycles. The summed E-state index contributed by atoms with van der Waals surface area (Å²) < 4.78 is 9.65. The Labute approximate surface area is 127 Å². The van der Waals surface area contributed by atoms with Gasteiger partial charge in [0.25, 0.3) is 5.91 Å². The molecule has 1 aliphatic heterocycles. The van der Waals surface area contributed by atoms with Gasteiger partial charge in [0.05, 0.1) is 18.8 Å². The van der Waals surface area contributed by atoms with Crippen molar-refractivity contribution in [2.24, 2.45) is 0 Å². The molecule has 0 radical (unpaired) electrons. The molecular weight excluding hydrogens is 286 g/mol. The molecule has 110 valence electrons. The third-order valence-electron chi connectivity index (χ3n) is 3.65. The summed E-state index contributed by atoms with van der Waals surface area (Å²) in [7, 11) is 0. The molecule has 2 heterocycles. The van der Waals surface area contributed by atoms with Crippen LogP contribution in [0.15, 0.2) is 24.3 Å². The Morgan fingerprint density at radius 1 is 1.33 bits per heavy atom. The van der Waals surface area contributed by atoms with Gasteiger partial charge < -0.3 is 9.64 Å². The average molecular weight is 303 g/mol. The second-order valence-electron chi connectivity index (χ2n) is 5.21. The zero-order valence-electron chi connectivity index (χ0n) is 12.1. The average Bonchev–Trinajstić information content (AvgIpc) is 2.93. The van der Waals surface area contributed by atoms with Gasteiger partial charge in [-0.25, -0.2) is 0 Å². The quantitative estimate of drug-likeness (QED) is 0.854. The smallest absolute Gasteiger partial charge is 0.267 e. The number of nitrogens with zero attached hydrogens (tertiary/aromatic N) is 3. The van der Waals surface area contributed by atoms with Crippen molar-refractivity contribution in [1.82, 2.24) is 14.5 Å². The van der Waals surface area contributed by atoms with E-state index < -0.39 is 0 Å². The first kappa shape index (κ1) is 14.2. The lowest BCUT2D eigenvalue weighted by atomic mass is 10.1. The molecule has 0 N–H and O–H groups in total. The maximum absolute atomic E-state index is 12.5. The Kier molecular flexibility index (Phi) is 3.98. The summed E-state index contributed by atoms with van der Waals surface area (Å²) in [6.45, 7) is 5.60. The molecule has 0 bridgehead atoms. The van der Waals surface area contributed by atoms with Gasteiger partial charge in [0.1, 0.15) is 11.0 Å². The highest BCUT2D eigenvalue weighted by molar-refractivity contribution is 7.07. The number of hydrogen-bond acceptors (Lipinski definition) is 5. The second kappa shape index (κ2) is 5.91. The van der Waals surface area contributed by atoms with Crippen molar-refractivity contribution in [3.8, 4) is 0 Å². The van der Waals surface area contributed by atoms with Crippen LogP contribution in [0.3, 0.4) is 0 Å². The number of rotatable bonds is 2. The molecule has 1 atom stereocenters. The number of benzene rings is 1. The maximum Gasteiger partial charge on any atom is 0.267 e. The normalized spacial score (nSPS) is 18.8. The maximum atomic E-state index is 12.5. The van der Waals surface area contributed by atoms with Crippen LogP contribution in [0.2, 0.25) is 0 Å². The monoisotopic (exact) mass is 303 g/mol. The summed E-state index contributed by atoms with van der Waals surface area (Å²) in [6.07, 6.45) is -0.0653. The summed E-state index contributed by atoms with van der Waals surface area (Å²) in [6, 6.07) is 8.26. The van der Waals surface area contributed by atoms with Crippen LogP contribution in [0.1, 0.15) is 32.6 Å². The number of aromatic nitrogens is 2. The Hall–Kier alpha value is -1.79. The molecule has 6 heteroatoms. The topological polar surface area (TPSA) is 55.3 Å². The molecule has 1 saturated heterocycles. The number of morpholine rings is 1. The van der Waals surface area contributed by atoms with Crippen LogP contribution in [0.25, 0.3) is 0 Å². The van der Waals surface area contributed by atoms with Gasteiger partial charge >= 0.3 is 0 Å². The van der Waals surface area contributed by atoms with Crippen LogP contribution in [0, 0.1) is 13.8 Å². The molecule has 1 unspecified atom stereocenters. The van der Waals surface area contributed by atoms with E-state index in [4.69, 9.17) is 4.74 Å². The van der Waals surface area contributed by atoms with Crippen molar-refractivity contribution in [3.05, 3.63) is 46.0 Å². The summed E-state index contributed by atoms with van der Waals surface area (Å²) in [5.74, 6) is 0.00270. The first-order valence-corrected chi connectivity index (χ1v) is 7.69. The third-order valence-corrected chi connectivity index (χ3v) is 4.46. The van der Waals surface area contributed by atoms with Crippen molar-refractivity contribution in [2.45, 2.75) is 20.0 Å². The van der Waals surface area contributed by atoms with Crippen LogP contribution >= 0.6 is 11.5 Å². The standard InChI is InChI=1S/C15H17N3O2S/c1-10-3-5-12(6-4-10)13-9-18(7-8-20-13)15(19)14-11(2)16-17-21-14/h3-6,13H,7-9H2,1-2H3. The van der Waals surface area contributed by atoms with Gasteiger partial charge in [-0.1, -0.05) is 34.3 Å². The highest BCUT2D eigenvalue weighted by Gasteiger charge is 2.28. The van der Waals surface area contributed by atoms with Gasteiger partial charge in [-0.2, -0.15) is 0 Å². The fourth-order valence-electron chi connectivity index (χ4n) is 2.39. The lowest BCUT2D eigenvalue weighted by Crippen LogP contribution is -2.42. The zero-order valence-corrected chi connectivity index (χ0v) is 12.9. The molecule has 1 aromatic carbocycles. The van der Waals surface area contributed by atoms with Crippen molar-refractivity contribution in [2.75, 3.05) is 19.7 Å². The molecule has 1 aromatic heterocycles. The molecule has 1 aliphatic rings. The Morgan fingerprint density at radius 3 is 2.76 bits per heavy atom. The van der Waals surface area contributed by atoms with Gasteiger partial charge in [-0.15, -0.1) is 5.10 Å². The van der Waals surface area contributed by atoms with E-state index in [-0.39, 0.29) is 12.0 Å². The van der Waals surface area contributed by atoms with E-state index in [9.17, 15) is 4.79 Å². The summed E-state index contributed by atoms with van der Waals surface area (Å²) in [5.41, 5.74) is 3.02. The van der Waals surface area contributed by atoms with E-state index in [0.717, 1.165) is 17.1 Å². The van der Waals surface area contributed by atoms with Crippen molar-refractivity contribution < 1.29 is 9.53 Å². The molecule has 3 rings (SSSR count). The Balaban J connectivity index is 1.75. The highest BCUT2D eigenvalue weighted by Crippen LogP contribution is 2.24. The van der Waals surface area contributed by atoms with Gasteiger partial charge in [-0.05, 0) is 30.9 Å². The van der Waals surface area contributed by atoms with E-state index in [0.29, 0.717) is 30.3 Å². The van der Waals surface area contributed by atoms with Crippen LogP contribution in [-0.2, 0) is 4.74 Å². The molecule has 21 heavy (non-hydrogen) atoms. The molecule has 1 fully saturated rings. The third kappa shape index (κ3) is 2.96. The molecule has 5 nitrogen and oxygen atoms in total. The van der Waals surface area contributed by atoms with Crippen molar-refractivity contribution in [3.63, 3.8) is 0 Å². The largest absolute Gasteiger partial charge is 0.370 e. The molecular formula is C15H17N3O2S. The van der Waals surface area contributed by atoms with Gasteiger partial charge in [-0.3, -0.25) is 4.79 Å². The van der Waals surface area contributed by atoms with Crippen molar-refractivity contribution >= 4 is 17.4 Å². The minimum absolute atomic E-state index is 0.00270. The van der Waals surface area contributed by atoms with Crippen LogP contribution < -0.4 is 0 Å². The minimum Gasteiger partial charge on any atom is -0.370 e. The van der Waals surface area contributed by atoms with Crippen LogP contribution in [-0.4, -0.2) is 40.1 Å². The van der Waals surface area contributed by atoms with E-state index in [2.05, 4.69) is 40.8 Å². The minimum atomic E-state index is -0.0653. The number of hydrogen-bond donors (Lipinski definition) is 0. The van der Waals surface area contributed by atoms with Gasteiger partial charge in [0.2, 0.25) is 0 Å². The van der Waals surface area contributed by atoms with E-state index in [1.807, 2.05) is 11.8 Å². The highest BCUT2D eigenvalue weighted by atomic mass is 32.1. The molecule has 1 amide bonds. The lowest BCUT2D eigenvalue weighted by molar-refractivity contribution is -0.0227. The van der Waals surface area contributed by atoms with Gasteiger partial charge in [0.15, 0.2) is 0 Å². The Bertz CT molecular complexity index is 639. The lowest BCUT2D eigenvalue weighted by Gasteiger charge is -2.33. The molecule has 0 spiro atoms. The first-order valence-electron chi connectivity index (χ1n) is 6.91. The number of ether oxygens (including phenoxy) is 1. The Morgan fingerprint density at radius 2 is 2.10 bits per heavy atom. The number of carbonyl (C=O) groups is 1. The number of aryl methyl sites for hydroxylation is 2. The van der Waals surface area contributed by atoms with E-state index in [1.165, 1.54) is 5.56 Å². The fraction of sp³-hybridized carbons (Fsp3) is 0.400. The van der Waals surface area contributed by atoms with Crippen LogP contribution in [0.4, 0.5) is 0 Å². The molecule has 2 aromatic rings. The summed E-state index contributed by atoms with van der Waals surface area (Å²) in [5, 5.41) is 3.91. The fourth-order valence-corrected chi connectivity index (χ4v) is 3.01. The number of carbonyl (C=O) groups excluding carboxylic acids is 1. The number of amides is 1. The second-order valence-corrected chi connectivity index (χ2v) is 5.96. The van der Waals surface area contributed by atoms with Crippen molar-refractivity contribution in [1.29, 1.82) is 0 Å².